The van der Waals surface area contributed by atoms with Crippen molar-refractivity contribution in [3.8, 4) is 0 Å². The van der Waals surface area contributed by atoms with Crippen LogP contribution in [0.5, 0.6) is 0 Å². The fourth-order valence-corrected chi connectivity index (χ4v) is 1.89. The van der Waals surface area contributed by atoms with Gasteiger partial charge in [-0.15, -0.1) is 0 Å². The lowest BCUT2D eigenvalue weighted by molar-refractivity contribution is 0.0567. The van der Waals surface area contributed by atoms with Crippen molar-refractivity contribution in [1.82, 2.24) is 14.8 Å². The highest BCUT2D eigenvalue weighted by molar-refractivity contribution is 5.92. The summed E-state index contributed by atoms with van der Waals surface area (Å²) in [4.78, 5) is 15.3. The fraction of sp³-hybridized carbons (Fsp3) is 0.154. The minimum Gasteiger partial charge on any atom is -0.463 e. The molecule has 6 heteroatoms. The molecule has 0 unspecified atom stereocenters. The molecule has 19 heavy (non-hydrogen) atoms. The summed E-state index contributed by atoms with van der Waals surface area (Å²) >= 11 is 0. The molecule has 0 spiro atoms. The first-order chi connectivity index (χ1) is 9.26. The SMILES string of the molecule is COC(=O)c1cc2cc(Cn3cncn3)ccc2o1. The predicted octanol–water partition coefficient (Wildman–Crippen LogP) is 1.86. The lowest BCUT2D eigenvalue weighted by atomic mass is 10.1. The second kappa shape index (κ2) is 4.56. The molecule has 0 fully saturated rings. The number of aromatic nitrogens is 3. The van der Waals surface area contributed by atoms with Crippen LogP contribution < -0.4 is 0 Å². The molecular weight excluding hydrogens is 246 g/mol. The number of benzene rings is 1. The molecule has 0 amide bonds. The fourth-order valence-electron chi connectivity index (χ4n) is 1.89. The summed E-state index contributed by atoms with van der Waals surface area (Å²) in [5.74, 6) is -0.274. The summed E-state index contributed by atoms with van der Waals surface area (Å²) < 4.78 is 11.8. The lowest BCUT2D eigenvalue weighted by Crippen LogP contribution is -1.99. The van der Waals surface area contributed by atoms with E-state index in [1.807, 2.05) is 18.2 Å². The predicted molar refractivity (Wildman–Crippen MR) is 66.7 cm³/mol. The number of carbonyl (C=O) groups is 1. The van der Waals surface area contributed by atoms with Gasteiger partial charge in [0.05, 0.1) is 13.7 Å². The van der Waals surface area contributed by atoms with Crippen LogP contribution in [0.1, 0.15) is 16.1 Å². The van der Waals surface area contributed by atoms with E-state index < -0.39 is 5.97 Å². The average Bonchev–Trinajstić information content (AvgIpc) is 3.06. The third kappa shape index (κ3) is 2.20. The van der Waals surface area contributed by atoms with E-state index in [1.165, 1.54) is 13.4 Å². The molecule has 3 rings (SSSR count). The van der Waals surface area contributed by atoms with Gasteiger partial charge in [-0.1, -0.05) is 6.07 Å². The van der Waals surface area contributed by atoms with Gasteiger partial charge in [0.25, 0.3) is 0 Å². The van der Waals surface area contributed by atoms with Crippen molar-refractivity contribution in [2.75, 3.05) is 7.11 Å². The molecule has 0 atom stereocenters. The zero-order valence-corrected chi connectivity index (χ0v) is 10.2. The minimum absolute atomic E-state index is 0.204. The van der Waals surface area contributed by atoms with Gasteiger partial charge >= 0.3 is 5.97 Å². The van der Waals surface area contributed by atoms with Gasteiger partial charge in [-0.05, 0) is 23.8 Å². The quantitative estimate of drug-likeness (QED) is 0.670. The van der Waals surface area contributed by atoms with Gasteiger partial charge in [-0.25, -0.2) is 14.5 Å². The van der Waals surface area contributed by atoms with Crippen molar-refractivity contribution in [3.05, 3.63) is 48.2 Å². The van der Waals surface area contributed by atoms with E-state index in [1.54, 1.807) is 17.1 Å². The first-order valence-electron chi connectivity index (χ1n) is 5.69. The Morgan fingerprint density at radius 1 is 1.42 bits per heavy atom. The summed E-state index contributed by atoms with van der Waals surface area (Å²) in [6, 6.07) is 7.38. The molecule has 0 aliphatic heterocycles. The van der Waals surface area contributed by atoms with Gasteiger partial charge < -0.3 is 9.15 Å². The largest absolute Gasteiger partial charge is 0.463 e. The van der Waals surface area contributed by atoms with Crippen LogP contribution in [0.25, 0.3) is 11.0 Å². The second-order valence-electron chi connectivity index (χ2n) is 4.07. The van der Waals surface area contributed by atoms with Crippen LogP contribution >= 0.6 is 0 Å². The lowest BCUT2D eigenvalue weighted by Gasteiger charge is -2.00. The molecule has 2 heterocycles. The molecule has 3 aromatic rings. The number of fused-ring (bicyclic) bond motifs is 1. The first kappa shape index (κ1) is 11.5. The van der Waals surface area contributed by atoms with Crippen LogP contribution in [-0.2, 0) is 11.3 Å². The van der Waals surface area contributed by atoms with E-state index in [-0.39, 0.29) is 5.76 Å². The highest BCUT2D eigenvalue weighted by atomic mass is 16.5. The van der Waals surface area contributed by atoms with E-state index in [0.29, 0.717) is 12.1 Å². The smallest absolute Gasteiger partial charge is 0.373 e. The van der Waals surface area contributed by atoms with Gasteiger partial charge in [0.1, 0.15) is 18.2 Å². The highest BCUT2D eigenvalue weighted by Gasteiger charge is 2.12. The normalized spacial score (nSPS) is 10.8. The zero-order valence-electron chi connectivity index (χ0n) is 10.2. The Kier molecular flexibility index (Phi) is 2.75. The van der Waals surface area contributed by atoms with Gasteiger partial charge in [0.15, 0.2) is 0 Å². The number of carbonyl (C=O) groups excluding carboxylic acids is 1. The molecule has 2 aromatic heterocycles. The Balaban J connectivity index is 1.94. The third-order valence-corrected chi connectivity index (χ3v) is 2.78. The number of rotatable bonds is 3. The Morgan fingerprint density at radius 3 is 3.05 bits per heavy atom. The summed E-state index contributed by atoms with van der Waals surface area (Å²) in [7, 11) is 1.33. The van der Waals surface area contributed by atoms with E-state index in [4.69, 9.17) is 4.42 Å². The molecule has 0 saturated heterocycles. The Bertz CT molecular complexity index is 716. The topological polar surface area (TPSA) is 70.2 Å². The molecule has 0 saturated carbocycles. The van der Waals surface area contributed by atoms with Crippen molar-refractivity contribution < 1.29 is 13.9 Å². The maximum atomic E-state index is 11.4. The molecule has 0 aliphatic rings. The standard InChI is InChI=1S/C13H11N3O3/c1-18-13(17)12-5-10-4-9(2-3-11(10)19-12)6-16-8-14-7-15-16/h2-5,7-8H,6H2,1H3. The second-order valence-corrected chi connectivity index (χ2v) is 4.07. The Labute approximate surface area is 108 Å². The Morgan fingerprint density at radius 2 is 2.32 bits per heavy atom. The van der Waals surface area contributed by atoms with Crippen LogP contribution in [0.15, 0.2) is 41.3 Å². The highest BCUT2D eigenvalue weighted by Crippen LogP contribution is 2.21. The van der Waals surface area contributed by atoms with Crippen LogP contribution in [0.2, 0.25) is 0 Å². The van der Waals surface area contributed by atoms with Gasteiger partial charge in [-0.2, -0.15) is 5.10 Å². The van der Waals surface area contributed by atoms with E-state index in [0.717, 1.165) is 10.9 Å². The van der Waals surface area contributed by atoms with Crippen molar-refractivity contribution >= 4 is 16.9 Å². The van der Waals surface area contributed by atoms with Crippen LogP contribution in [0, 0.1) is 0 Å². The van der Waals surface area contributed by atoms with Crippen molar-refractivity contribution in [3.63, 3.8) is 0 Å². The maximum absolute atomic E-state index is 11.4. The zero-order chi connectivity index (χ0) is 13.2. The van der Waals surface area contributed by atoms with Crippen LogP contribution in [-0.4, -0.2) is 27.8 Å². The monoisotopic (exact) mass is 257 g/mol. The minimum atomic E-state index is -0.478. The van der Waals surface area contributed by atoms with Crippen molar-refractivity contribution in [2.24, 2.45) is 0 Å². The number of hydrogen-bond acceptors (Lipinski definition) is 5. The van der Waals surface area contributed by atoms with E-state index in [2.05, 4.69) is 14.8 Å². The number of nitrogens with zero attached hydrogens (tertiary/aromatic N) is 3. The molecular formula is C13H11N3O3. The van der Waals surface area contributed by atoms with Crippen LogP contribution in [0.4, 0.5) is 0 Å². The molecule has 6 nitrogen and oxygen atoms in total. The maximum Gasteiger partial charge on any atom is 0.373 e. The van der Waals surface area contributed by atoms with Gasteiger partial charge in [0, 0.05) is 5.39 Å². The summed E-state index contributed by atoms with van der Waals surface area (Å²) in [6.07, 6.45) is 3.14. The van der Waals surface area contributed by atoms with E-state index in [9.17, 15) is 4.79 Å². The summed E-state index contributed by atoms with van der Waals surface area (Å²) in [5, 5.41) is 4.91. The molecule has 0 N–H and O–H groups in total. The molecule has 0 bridgehead atoms. The average molecular weight is 257 g/mol. The number of hydrogen-bond donors (Lipinski definition) is 0. The van der Waals surface area contributed by atoms with Crippen LogP contribution in [0.3, 0.4) is 0 Å². The molecule has 0 radical (unpaired) electrons. The van der Waals surface area contributed by atoms with Crippen molar-refractivity contribution in [2.45, 2.75) is 6.54 Å². The van der Waals surface area contributed by atoms with E-state index >= 15 is 0 Å². The molecule has 1 aromatic carbocycles. The number of methoxy groups -OCH3 is 1. The van der Waals surface area contributed by atoms with Gasteiger partial charge in [-0.3, -0.25) is 0 Å². The van der Waals surface area contributed by atoms with Gasteiger partial charge in [0.2, 0.25) is 5.76 Å². The third-order valence-electron chi connectivity index (χ3n) is 2.78. The first-order valence-corrected chi connectivity index (χ1v) is 5.69. The number of furan rings is 1. The van der Waals surface area contributed by atoms with Crippen molar-refractivity contribution in [1.29, 1.82) is 0 Å². The molecule has 0 aliphatic carbocycles. The number of ether oxygens (including phenoxy) is 1. The summed E-state index contributed by atoms with van der Waals surface area (Å²) in [6.45, 7) is 0.620. The Hall–Kier alpha value is -2.63. The molecule has 96 valence electrons. The number of esters is 1. The summed E-state index contributed by atoms with van der Waals surface area (Å²) in [5.41, 5.74) is 1.71.